The molecule has 1 nitrogen and oxygen atoms in total. The van der Waals surface area contributed by atoms with Gasteiger partial charge in [0.2, 0.25) is 0 Å². The van der Waals surface area contributed by atoms with Crippen LogP contribution in [0.5, 0.6) is 0 Å². The van der Waals surface area contributed by atoms with Gasteiger partial charge < -0.3 is 0 Å². The molecule has 2 rings (SSSR count). The standard InChI is InChI=1S/C22H31N/c1-15(2)19(7)20-8-10-23(11-9-20)14-21-13-22(16(3)4)18(6)12-17(21)5/h12-13,20H,1,3,7-11,14H2,2,4-6H3. The highest BCUT2D eigenvalue weighted by Crippen LogP contribution is 2.29. The normalized spacial score (nSPS) is 16.3. The molecule has 23 heavy (non-hydrogen) atoms. The van der Waals surface area contributed by atoms with Crippen molar-refractivity contribution in [2.45, 2.75) is 47.1 Å². The van der Waals surface area contributed by atoms with E-state index >= 15 is 0 Å². The van der Waals surface area contributed by atoms with E-state index < -0.39 is 0 Å². The molecule has 1 heteroatoms. The first-order valence-electron chi connectivity index (χ1n) is 8.62. The average Bonchev–Trinajstić information content (AvgIpc) is 2.49. The highest BCUT2D eigenvalue weighted by molar-refractivity contribution is 5.65. The number of allylic oxidation sites excluding steroid dienone is 3. The molecule has 0 atom stereocenters. The molecule has 1 aliphatic heterocycles. The van der Waals surface area contributed by atoms with Crippen molar-refractivity contribution in [3.05, 3.63) is 65.3 Å². The number of likely N-dealkylation sites (tertiary alicyclic amines) is 1. The van der Waals surface area contributed by atoms with Crippen LogP contribution < -0.4 is 0 Å². The number of aryl methyl sites for hydroxylation is 2. The van der Waals surface area contributed by atoms with Crippen LogP contribution in [0.25, 0.3) is 5.57 Å². The molecule has 1 heterocycles. The lowest BCUT2D eigenvalue weighted by molar-refractivity contribution is 0.192. The van der Waals surface area contributed by atoms with E-state index in [1.807, 2.05) is 0 Å². The summed E-state index contributed by atoms with van der Waals surface area (Å²) in [6.45, 7) is 24.3. The average molecular weight is 309 g/mol. The molecular weight excluding hydrogens is 278 g/mol. The molecule has 0 bridgehead atoms. The van der Waals surface area contributed by atoms with Gasteiger partial charge in [-0.05, 0) is 93.4 Å². The third-order valence-electron chi connectivity index (χ3n) is 5.17. The maximum Gasteiger partial charge on any atom is 0.0236 e. The van der Waals surface area contributed by atoms with Gasteiger partial charge in [0.05, 0.1) is 0 Å². The summed E-state index contributed by atoms with van der Waals surface area (Å²) in [5, 5.41) is 0. The third-order valence-corrected chi connectivity index (χ3v) is 5.17. The van der Waals surface area contributed by atoms with Gasteiger partial charge in [0.15, 0.2) is 0 Å². The van der Waals surface area contributed by atoms with E-state index in [0.29, 0.717) is 5.92 Å². The molecule has 1 saturated heterocycles. The van der Waals surface area contributed by atoms with Gasteiger partial charge in [-0.3, -0.25) is 4.90 Å². The fourth-order valence-electron chi connectivity index (χ4n) is 3.56. The Morgan fingerprint density at radius 2 is 1.65 bits per heavy atom. The van der Waals surface area contributed by atoms with E-state index in [1.165, 1.54) is 40.7 Å². The van der Waals surface area contributed by atoms with Gasteiger partial charge in [-0.25, -0.2) is 0 Å². The fraction of sp³-hybridized carbons (Fsp3) is 0.455. The number of hydrogen-bond acceptors (Lipinski definition) is 1. The lowest BCUT2D eigenvalue weighted by Crippen LogP contribution is -2.34. The van der Waals surface area contributed by atoms with Gasteiger partial charge in [-0.1, -0.05) is 36.9 Å². The van der Waals surface area contributed by atoms with Crippen molar-refractivity contribution < 1.29 is 0 Å². The predicted molar refractivity (Wildman–Crippen MR) is 103 cm³/mol. The molecule has 0 unspecified atom stereocenters. The third kappa shape index (κ3) is 4.23. The molecule has 0 saturated carbocycles. The quantitative estimate of drug-likeness (QED) is 0.632. The van der Waals surface area contributed by atoms with Gasteiger partial charge in [-0.15, -0.1) is 0 Å². The van der Waals surface area contributed by atoms with Crippen molar-refractivity contribution in [1.29, 1.82) is 0 Å². The van der Waals surface area contributed by atoms with Crippen molar-refractivity contribution in [1.82, 2.24) is 4.90 Å². The minimum Gasteiger partial charge on any atom is -0.299 e. The molecule has 0 aliphatic carbocycles. The Morgan fingerprint density at radius 3 is 2.17 bits per heavy atom. The summed E-state index contributed by atoms with van der Waals surface area (Å²) in [5.41, 5.74) is 9.00. The number of hydrogen-bond donors (Lipinski definition) is 0. The highest BCUT2D eigenvalue weighted by Gasteiger charge is 2.22. The van der Waals surface area contributed by atoms with Crippen LogP contribution >= 0.6 is 0 Å². The highest BCUT2D eigenvalue weighted by atomic mass is 15.1. The van der Waals surface area contributed by atoms with Gasteiger partial charge in [0.25, 0.3) is 0 Å². The Bertz CT molecular complexity index is 628. The zero-order valence-electron chi connectivity index (χ0n) is 15.3. The smallest absolute Gasteiger partial charge is 0.0236 e. The topological polar surface area (TPSA) is 3.24 Å². The van der Waals surface area contributed by atoms with Crippen molar-refractivity contribution in [3.8, 4) is 0 Å². The van der Waals surface area contributed by atoms with E-state index in [9.17, 15) is 0 Å². The van der Waals surface area contributed by atoms with Crippen LogP contribution in [-0.4, -0.2) is 18.0 Å². The monoisotopic (exact) mass is 309 g/mol. The second kappa shape index (κ2) is 7.31. The molecule has 0 aromatic heterocycles. The van der Waals surface area contributed by atoms with E-state index in [4.69, 9.17) is 0 Å². The van der Waals surface area contributed by atoms with Gasteiger partial charge in [0.1, 0.15) is 0 Å². The Labute approximate surface area is 142 Å². The molecule has 0 N–H and O–H groups in total. The van der Waals surface area contributed by atoms with Crippen molar-refractivity contribution in [2.75, 3.05) is 13.1 Å². The maximum atomic E-state index is 4.21. The van der Waals surface area contributed by atoms with Crippen LogP contribution in [0.1, 0.15) is 48.9 Å². The maximum absolute atomic E-state index is 4.21. The van der Waals surface area contributed by atoms with E-state index in [-0.39, 0.29) is 0 Å². The molecule has 0 spiro atoms. The van der Waals surface area contributed by atoms with Crippen LogP contribution in [0, 0.1) is 19.8 Å². The molecule has 0 radical (unpaired) electrons. The first-order valence-corrected chi connectivity index (χ1v) is 8.62. The molecule has 1 aliphatic rings. The molecule has 0 amide bonds. The summed E-state index contributed by atoms with van der Waals surface area (Å²) in [5.74, 6) is 0.619. The summed E-state index contributed by atoms with van der Waals surface area (Å²) in [6, 6.07) is 4.64. The Balaban J connectivity index is 2.04. The summed E-state index contributed by atoms with van der Waals surface area (Å²) < 4.78 is 0. The first kappa shape index (κ1) is 17.7. The molecular formula is C22H31N. The zero-order chi connectivity index (χ0) is 17.1. The SMILES string of the molecule is C=C(C)C(=C)C1CCN(Cc2cc(C(=C)C)c(C)cc2C)CC1. The lowest BCUT2D eigenvalue weighted by atomic mass is 9.86. The predicted octanol–water partition coefficient (Wildman–Crippen LogP) is 5.68. The van der Waals surface area contributed by atoms with Crippen LogP contribution in [0.15, 0.2) is 43.0 Å². The van der Waals surface area contributed by atoms with Crippen LogP contribution in [-0.2, 0) is 6.54 Å². The van der Waals surface area contributed by atoms with Crippen molar-refractivity contribution >= 4 is 5.57 Å². The first-order chi connectivity index (χ1) is 10.8. The van der Waals surface area contributed by atoms with Gasteiger partial charge in [0, 0.05) is 6.54 Å². The Morgan fingerprint density at radius 1 is 1.04 bits per heavy atom. The molecule has 124 valence electrons. The zero-order valence-corrected chi connectivity index (χ0v) is 15.3. The minimum absolute atomic E-state index is 0.619. The van der Waals surface area contributed by atoms with Gasteiger partial charge >= 0.3 is 0 Å². The Kier molecular flexibility index (Phi) is 5.64. The number of nitrogens with zero attached hydrogens (tertiary/aromatic N) is 1. The van der Waals surface area contributed by atoms with Crippen molar-refractivity contribution in [2.24, 2.45) is 5.92 Å². The van der Waals surface area contributed by atoms with Crippen molar-refractivity contribution in [3.63, 3.8) is 0 Å². The van der Waals surface area contributed by atoms with Crippen LogP contribution in [0.4, 0.5) is 0 Å². The number of piperidine rings is 1. The van der Waals surface area contributed by atoms with Gasteiger partial charge in [-0.2, -0.15) is 0 Å². The summed E-state index contributed by atoms with van der Waals surface area (Å²) in [7, 11) is 0. The lowest BCUT2D eigenvalue weighted by Gasteiger charge is -2.33. The number of rotatable bonds is 5. The molecule has 1 aromatic carbocycles. The summed E-state index contributed by atoms with van der Waals surface area (Å²) in [4.78, 5) is 2.57. The Hall–Kier alpha value is -1.60. The molecule has 1 fully saturated rings. The molecule has 1 aromatic rings. The summed E-state index contributed by atoms with van der Waals surface area (Å²) >= 11 is 0. The second-order valence-corrected chi connectivity index (χ2v) is 7.23. The minimum atomic E-state index is 0.619. The van der Waals surface area contributed by atoms with E-state index in [0.717, 1.165) is 30.8 Å². The number of benzene rings is 1. The largest absolute Gasteiger partial charge is 0.299 e. The van der Waals surface area contributed by atoms with E-state index in [1.54, 1.807) is 0 Å². The summed E-state index contributed by atoms with van der Waals surface area (Å²) in [6.07, 6.45) is 2.40. The fourth-order valence-corrected chi connectivity index (χ4v) is 3.56. The van der Waals surface area contributed by atoms with Crippen LogP contribution in [0.3, 0.4) is 0 Å². The van der Waals surface area contributed by atoms with Crippen LogP contribution in [0.2, 0.25) is 0 Å². The van der Waals surface area contributed by atoms with E-state index in [2.05, 4.69) is 64.5 Å². The second-order valence-electron chi connectivity index (χ2n) is 7.23.